The van der Waals surface area contributed by atoms with Crippen molar-refractivity contribution in [1.29, 1.82) is 0 Å². The van der Waals surface area contributed by atoms with E-state index in [4.69, 9.17) is 0 Å². The zero-order valence-corrected chi connectivity index (χ0v) is 22.9. The summed E-state index contributed by atoms with van der Waals surface area (Å²) in [4.78, 5) is 28.1. The number of amides is 2. The van der Waals surface area contributed by atoms with Crippen LogP contribution in [0.3, 0.4) is 0 Å². The van der Waals surface area contributed by atoms with Crippen molar-refractivity contribution >= 4 is 27.5 Å². The first kappa shape index (κ1) is 28.6. The molecule has 0 saturated heterocycles. The Morgan fingerprint density at radius 1 is 0.973 bits per heavy atom. The van der Waals surface area contributed by atoms with Crippen LogP contribution in [-0.4, -0.2) is 50.0 Å². The maximum absolute atomic E-state index is 13.6. The lowest BCUT2D eigenvalue weighted by Crippen LogP contribution is -2.52. The first-order chi connectivity index (χ1) is 17.5. The van der Waals surface area contributed by atoms with Crippen molar-refractivity contribution in [3.8, 4) is 0 Å². The molecular formula is C28H38FN3O4S. The third-order valence-electron chi connectivity index (χ3n) is 6.91. The summed E-state index contributed by atoms with van der Waals surface area (Å²) >= 11 is 0. The highest BCUT2D eigenvalue weighted by atomic mass is 32.2. The quantitative estimate of drug-likeness (QED) is 0.486. The Balaban J connectivity index is 1.86. The van der Waals surface area contributed by atoms with Crippen LogP contribution in [0.1, 0.15) is 69.9 Å². The Bertz CT molecular complexity index is 1160. The van der Waals surface area contributed by atoms with Crippen LogP contribution in [0.25, 0.3) is 0 Å². The van der Waals surface area contributed by atoms with E-state index in [0.29, 0.717) is 11.3 Å². The van der Waals surface area contributed by atoms with E-state index in [1.165, 1.54) is 17.0 Å². The number of hydrogen-bond donors (Lipinski definition) is 1. The first-order valence-corrected chi connectivity index (χ1v) is 14.7. The normalized spacial score (nSPS) is 15.3. The van der Waals surface area contributed by atoms with Gasteiger partial charge in [-0.2, -0.15) is 0 Å². The predicted octanol–water partition coefficient (Wildman–Crippen LogP) is 4.58. The van der Waals surface area contributed by atoms with Crippen LogP contribution in [0.5, 0.6) is 0 Å². The third-order valence-corrected chi connectivity index (χ3v) is 8.05. The molecule has 1 N–H and O–H groups in total. The van der Waals surface area contributed by atoms with Gasteiger partial charge in [0.25, 0.3) is 0 Å². The van der Waals surface area contributed by atoms with Gasteiger partial charge in [-0.3, -0.25) is 13.9 Å². The first-order valence-electron chi connectivity index (χ1n) is 12.9. The molecule has 7 nitrogen and oxygen atoms in total. The number of benzene rings is 2. The minimum Gasteiger partial charge on any atom is -0.352 e. The molecule has 0 bridgehead atoms. The summed E-state index contributed by atoms with van der Waals surface area (Å²) in [6, 6.07) is 12.0. The molecule has 0 aromatic heterocycles. The molecule has 0 aliphatic heterocycles. The second-order valence-electron chi connectivity index (χ2n) is 10.2. The molecule has 2 amide bonds. The van der Waals surface area contributed by atoms with E-state index < -0.39 is 34.3 Å². The van der Waals surface area contributed by atoms with E-state index in [2.05, 4.69) is 5.32 Å². The fourth-order valence-electron chi connectivity index (χ4n) is 4.58. The van der Waals surface area contributed by atoms with Crippen molar-refractivity contribution in [3.63, 3.8) is 0 Å². The number of rotatable bonds is 10. The van der Waals surface area contributed by atoms with Gasteiger partial charge in [0.2, 0.25) is 21.8 Å². The Hall–Kier alpha value is -2.94. The molecule has 0 heterocycles. The molecule has 202 valence electrons. The smallest absolute Gasteiger partial charge is 0.244 e. The lowest BCUT2D eigenvalue weighted by atomic mass is 9.95. The van der Waals surface area contributed by atoms with E-state index in [9.17, 15) is 22.4 Å². The zero-order valence-electron chi connectivity index (χ0n) is 22.1. The van der Waals surface area contributed by atoms with Crippen molar-refractivity contribution in [3.05, 3.63) is 65.5 Å². The number of nitrogens with zero attached hydrogens (tertiary/aromatic N) is 2. The molecule has 0 radical (unpaired) electrons. The summed E-state index contributed by atoms with van der Waals surface area (Å²) in [6.07, 6.45) is 6.11. The van der Waals surface area contributed by atoms with E-state index >= 15 is 0 Å². The van der Waals surface area contributed by atoms with Crippen molar-refractivity contribution in [2.45, 2.75) is 77.4 Å². The van der Waals surface area contributed by atoms with Gasteiger partial charge >= 0.3 is 0 Å². The lowest BCUT2D eigenvalue weighted by Gasteiger charge is -2.33. The molecule has 2 aromatic rings. The van der Waals surface area contributed by atoms with E-state index in [0.717, 1.165) is 48.2 Å². The zero-order chi connectivity index (χ0) is 27.2. The summed E-state index contributed by atoms with van der Waals surface area (Å²) < 4.78 is 39.9. The number of anilines is 1. The van der Waals surface area contributed by atoms with Crippen LogP contribution >= 0.6 is 0 Å². The summed E-state index contributed by atoms with van der Waals surface area (Å²) in [6.45, 7) is 5.31. The van der Waals surface area contributed by atoms with Gasteiger partial charge in [0, 0.05) is 12.6 Å². The molecule has 1 saturated carbocycles. The van der Waals surface area contributed by atoms with Crippen LogP contribution in [0.4, 0.5) is 10.1 Å². The van der Waals surface area contributed by atoms with Gasteiger partial charge < -0.3 is 10.2 Å². The molecule has 1 atom stereocenters. The van der Waals surface area contributed by atoms with Gasteiger partial charge in [0.15, 0.2) is 0 Å². The minimum absolute atomic E-state index is 0.0439. The lowest BCUT2D eigenvalue weighted by molar-refractivity contribution is -0.139. The fourth-order valence-corrected chi connectivity index (χ4v) is 5.43. The summed E-state index contributed by atoms with van der Waals surface area (Å²) in [7, 11) is -3.79. The maximum Gasteiger partial charge on any atom is 0.244 e. The van der Waals surface area contributed by atoms with Gasteiger partial charge in [0.1, 0.15) is 18.4 Å². The highest BCUT2D eigenvalue weighted by molar-refractivity contribution is 7.92. The molecule has 9 heteroatoms. The Morgan fingerprint density at radius 3 is 2.11 bits per heavy atom. The largest absolute Gasteiger partial charge is 0.352 e. The topological polar surface area (TPSA) is 86.8 Å². The number of halogens is 1. The highest BCUT2D eigenvalue weighted by Gasteiger charge is 2.31. The van der Waals surface area contributed by atoms with Gasteiger partial charge in [0.05, 0.1) is 11.9 Å². The third kappa shape index (κ3) is 8.02. The molecule has 0 unspecified atom stereocenters. The molecule has 3 rings (SSSR count). The molecule has 0 spiro atoms. The van der Waals surface area contributed by atoms with Crippen LogP contribution in [0, 0.1) is 5.82 Å². The van der Waals surface area contributed by atoms with Crippen LogP contribution in [-0.2, 0) is 26.2 Å². The fraction of sp³-hybridized carbons (Fsp3) is 0.500. The van der Waals surface area contributed by atoms with E-state index in [-0.39, 0.29) is 24.4 Å². The molecular weight excluding hydrogens is 493 g/mol. The number of nitrogens with one attached hydrogen (secondary N) is 1. The van der Waals surface area contributed by atoms with Crippen molar-refractivity contribution in [2.75, 3.05) is 17.1 Å². The number of sulfonamides is 1. The SMILES string of the molecule is CC(C)c1ccc(N(CC(=O)N(Cc2ccc(F)cc2)[C@@H](C)C(=O)NC2CCCCC2)S(C)(=O)=O)cc1. The van der Waals surface area contributed by atoms with Crippen LogP contribution < -0.4 is 9.62 Å². The molecule has 1 aliphatic rings. The average Bonchev–Trinajstić information content (AvgIpc) is 2.86. The molecule has 37 heavy (non-hydrogen) atoms. The summed E-state index contributed by atoms with van der Waals surface area (Å²) in [5.41, 5.74) is 2.06. The molecule has 1 aliphatic carbocycles. The summed E-state index contributed by atoms with van der Waals surface area (Å²) in [5.74, 6) is -0.932. The minimum atomic E-state index is -3.79. The summed E-state index contributed by atoms with van der Waals surface area (Å²) in [5, 5.41) is 3.06. The standard InChI is InChI=1S/C28H38FN3O4S/c1-20(2)23-12-16-26(17-13-23)32(37(4,35)36)19-27(33)31(18-22-10-14-24(29)15-11-22)21(3)28(34)30-25-8-6-5-7-9-25/h10-17,20-21,25H,5-9,18-19H2,1-4H3,(H,30,34)/t21-/m0/s1. The molecule has 2 aromatic carbocycles. The Kier molecular flexibility index (Phi) is 9.70. The predicted molar refractivity (Wildman–Crippen MR) is 144 cm³/mol. The maximum atomic E-state index is 13.6. The van der Waals surface area contributed by atoms with Crippen molar-refractivity contribution < 1.29 is 22.4 Å². The average molecular weight is 532 g/mol. The van der Waals surface area contributed by atoms with Crippen LogP contribution in [0.2, 0.25) is 0 Å². The van der Waals surface area contributed by atoms with Crippen LogP contribution in [0.15, 0.2) is 48.5 Å². The van der Waals surface area contributed by atoms with Crippen molar-refractivity contribution in [1.82, 2.24) is 10.2 Å². The van der Waals surface area contributed by atoms with Crippen molar-refractivity contribution in [2.24, 2.45) is 0 Å². The van der Waals surface area contributed by atoms with Gasteiger partial charge in [-0.15, -0.1) is 0 Å². The number of carbonyl (C=O) groups is 2. The van der Waals surface area contributed by atoms with Gasteiger partial charge in [-0.1, -0.05) is 57.4 Å². The highest BCUT2D eigenvalue weighted by Crippen LogP contribution is 2.23. The van der Waals surface area contributed by atoms with E-state index in [1.54, 1.807) is 31.2 Å². The molecule has 1 fully saturated rings. The van der Waals surface area contributed by atoms with Gasteiger partial charge in [-0.05, 0) is 61.1 Å². The monoisotopic (exact) mass is 531 g/mol. The number of hydrogen-bond acceptors (Lipinski definition) is 4. The second-order valence-corrected chi connectivity index (χ2v) is 12.1. The van der Waals surface area contributed by atoms with E-state index in [1.807, 2.05) is 26.0 Å². The Labute approximate surface area is 220 Å². The van der Waals surface area contributed by atoms with Gasteiger partial charge in [-0.25, -0.2) is 12.8 Å². The Morgan fingerprint density at radius 2 is 1.57 bits per heavy atom. The second kappa shape index (κ2) is 12.5. The number of carbonyl (C=O) groups excluding carboxylic acids is 2.